The minimum atomic E-state index is -1.19. The average Bonchev–Trinajstić information content (AvgIpc) is 4.13. The van der Waals surface area contributed by atoms with Crippen LogP contribution in [-0.4, -0.2) is 36.7 Å². The van der Waals surface area contributed by atoms with Gasteiger partial charge in [0.05, 0.1) is 55.5 Å². The second-order valence-electron chi connectivity index (χ2n) is 15.7. The topological polar surface area (TPSA) is 70.7 Å². The molecule has 0 unspecified atom stereocenters. The Morgan fingerprint density at radius 1 is 0.383 bits per heavy atom. The van der Waals surface area contributed by atoms with E-state index in [9.17, 15) is 0 Å². The monoisotopic (exact) mass is 787 g/mol. The predicted octanol–water partition coefficient (Wildman–Crippen LogP) is 11.2. The fourth-order valence-corrected chi connectivity index (χ4v) is 11.4. The molecule has 0 N–H and O–H groups in total. The number of benzene rings is 8. The third-order valence-corrected chi connectivity index (χ3v) is 14.9. The van der Waals surface area contributed by atoms with Crippen LogP contribution in [0.3, 0.4) is 0 Å². The molecule has 0 bridgehead atoms. The first-order valence-corrected chi connectivity index (χ1v) is 22.2. The summed E-state index contributed by atoms with van der Waals surface area (Å²) in [6, 6.07) is 60.2. The first kappa shape index (κ1) is 32.1. The maximum Gasteiger partial charge on any atom is 0.220 e. The minimum Gasteiger partial charge on any atom is -0.456 e. The van der Waals surface area contributed by atoms with Crippen LogP contribution in [0.2, 0.25) is 6.55 Å². The number of nitrogens with zero attached hydrogens (tertiary/aromatic N) is 6. The van der Waals surface area contributed by atoms with Gasteiger partial charge in [-0.2, -0.15) is 0 Å². The van der Waals surface area contributed by atoms with Crippen LogP contribution in [-0.2, 0) is 0 Å². The van der Waals surface area contributed by atoms with E-state index in [1.807, 2.05) is 12.1 Å². The highest BCUT2D eigenvalue weighted by Gasteiger charge is 2.22. The van der Waals surface area contributed by atoms with E-state index in [4.69, 9.17) is 18.8 Å². The van der Waals surface area contributed by atoms with Crippen molar-refractivity contribution in [1.82, 2.24) is 27.9 Å². The molecular formula is C51H31N6O2Si. The van der Waals surface area contributed by atoms with Gasteiger partial charge in [-0.3, -0.25) is 17.9 Å². The summed E-state index contributed by atoms with van der Waals surface area (Å²) in [5, 5.41) is 7.04. The van der Waals surface area contributed by atoms with Crippen LogP contribution < -0.4 is 10.4 Å². The van der Waals surface area contributed by atoms with Gasteiger partial charge in [0.1, 0.15) is 31.1 Å². The average molecular weight is 788 g/mol. The fourth-order valence-electron chi connectivity index (χ4n) is 9.65. The lowest BCUT2D eigenvalue weighted by Crippen LogP contribution is -2.38. The number of hydrogen-bond acceptors (Lipinski definition) is 4. The molecule has 8 nitrogen and oxygen atoms in total. The van der Waals surface area contributed by atoms with Crippen molar-refractivity contribution < 1.29 is 8.83 Å². The van der Waals surface area contributed by atoms with Gasteiger partial charge >= 0.3 is 0 Å². The fraction of sp³-hybridized carbons (Fsp3) is 0.0196. The Morgan fingerprint density at radius 2 is 0.750 bits per heavy atom. The van der Waals surface area contributed by atoms with E-state index >= 15 is 0 Å². The van der Waals surface area contributed by atoms with Crippen LogP contribution in [0.15, 0.2) is 179 Å². The van der Waals surface area contributed by atoms with Crippen LogP contribution in [0.5, 0.6) is 0 Å². The second kappa shape index (κ2) is 11.6. The number of para-hydroxylation sites is 8. The van der Waals surface area contributed by atoms with Crippen LogP contribution in [0.1, 0.15) is 0 Å². The molecule has 0 saturated carbocycles. The summed E-state index contributed by atoms with van der Waals surface area (Å²) >= 11 is 0. The molecule has 6 aromatic heterocycles. The van der Waals surface area contributed by atoms with Crippen LogP contribution in [0.4, 0.5) is 0 Å². The lowest BCUT2D eigenvalue weighted by atomic mass is 10.1. The van der Waals surface area contributed by atoms with Crippen molar-refractivity contribution >= 4 is 119 Å². The quantitative estimate of drug-likeness (QED) is 0.167. The maximum absolute atomic E-state index is 6.46. The number of aromatic nitrogens is 6. The number of imidazole rings is 4. The van der Waals surface area contributed by atoms with Crippen molar-refractivity contribution in [1.29, 1.82) is 0 Å². The number of furan rings is 2. The molecule has 0 aliphatic rings. The molecule has 14 rings (SSSR count). The molecule has 0 aliphatic carbocycles. The SMILES string of the molecule is C[Si](c1ccc2oc3ccc(-n4c5ccccc5n5c6ccccc6nc45)cc3c2c1)c1ccc2oc3ccc(-n4c5ccccc5n5c6ccccc6nc45)cc3c2c1. The molecule has 0 fully saturated rings. The summed E-state index contributed by atoms with van der Waals surface area (Å²) in [4.78, 5) is 10.2. The summed E-state index contributed by atoms with van der Waals surface area (Å²) in [7, 11) is -1.19. The van der Waals surface area contributed by atoms with Crippen molar-refractivity contribution in [3.63, 3.8) is 0 Å². The second-order valence-corrected chi connectivity index (χ2v) is 18.1. The summed E-state index contributed by atoms with van der Waals surface area (Å²) < 4.78 is 22.0. The smallest absolute Gasteiger partial charge is 0.220 e. The standard InChI is InChI=1S/C51H31N6O2Si/c1-60(32-20-24-48-36(28-32)34-26-30(18-22-46(34)58-48)54-42-14-6-8-16-44(42)56-40-12-4-2-10-38(40)52-50(54)56)33-21-25-49-37(29-33)35-27-31(19-23-47(35)59-49)55-43-15-7-9-17-45(43)57-41-13-5-3-11-39(41)53-51(55)57/h2-29H,1H3. The molecule has 0 amide bonds. The largest absolute Gasteiger partial charge is 0.456 e. The molecule has 8 aromatic carbocycles. The Hall–Kier alpha value is -7.88. The highest BCUT2D eigenvalue weighted by atomic mass is 28.3. The van der Waals surface area contributed by atoms with E-state index in [-0.39, 0.29) is 0 Å². The van der Waals surface area contributed by atoms with Crippen molar-refractivity contribution in [3.05, 3.63) is 170 Å². The zero-order valence-corrected chi connectivity index (χ0v) is 33.2. The van der Waals surface area contributed by atoms with Crippen LogP contribution in [0, 0.1) is 0 Å². The molecule has 60 heavy (non-hydrogen) atoms. The van der Waals surface area contributed by atoms with Gasteiger partial charge in [0, 0.05) is 21.5 Å². The van der Waals surface area contributed by atoms with E-state index in [2.05, 4.69) is 182 Å². The Kier molecular flexibility index (Phi) is 6.22. The Morgan fingerprint density at radius 3 is 1.20 bits per heavy atom. The van der Waals surface area contributed by atoms with Crippen LogP contribution >= 0.6 is 0 Å². The normalized spacial score (nSPS) is 12.6. The molecule has 6 heterocycles. The number of hydrogen-bond donors (Lipinski definition) is 0. The summed E-state index contributed by atoms with van der Waals surface area (Å²) in [6.07, 6.45) is 0. The molecule has 0 aliphatic heterocycles. The molecular weight excluding hydrogens is 757 g/mol. The lowest BCUT2D eigenvalue weighted by molar-refractivity contribution is 0.668. The van der Waals surface area contributed by atoms with E-state index in [0.717, 1.165) is 111 Å². The molecule has 14 aromatic rings. The van der Waals surface area contributed by atoms with Crippen LogP contribution in [0.25, 0.3) is 111 Å². The first-order chi connectivity index (χ1) is 29.6. The van der Waals surface area contributed by atoms with Gasteiger partial charge in [-0.25, -0.2) is 9.97 Å². The van der Waals surface area contributed by atoms with Crippen molar-refractivity contribution in [2.24, 2.45) is 0 Å². The Labute approximate surface area is 342 Å². The van der Waals surface area contributed by atoms with Gasteiger partial charge in [0.25, 0.3) is 0 Å². The number of rotatable bonds is 4. The summed E-state index contributed by atoms with van der Waals surface area (Å²) in [6.45, 7) is 2.38. The first-order valence-electron chi connectivity index (χ1n) is 20.2. The molecule has 0 spiro atoms. The van der Waals surface area contributed by atoms with Gasteiger partial charge in [0.15, 0.2) is 0 Å². The van der Waals surface area contributed by atoms with Crippen molar-refractivity contribution in [2.45, 2.75) is 6.55 Å². The molecule has 0 saturated heterocycles. The third-order valence-electron chi connectivity index (χ3n) is 12.5. The van der Waals surface area contributed by atoms with Crippen molar-refractivity contribution in [3.8, 4) is 11.4 Å². The molecule has 9 heteroatoms. The summed E-state index contributed by atoms with van der Waals surface area (Å²) in [5.74, 6) is 1.78. The van der Waals surface area contributed by atoms with Gasteiger partial charge in [-0.05, 0) is 97.1 Å². The zero-order chi connectivity index (χ0) is 39.2. The van der Waals surface area contributed by atoms with Crippen molar-refractivity contribution in [2.75, 3.05) is 0 Å². The molecule has 1 radical (unpaired) electrons. The third kappa shape index (κ3) is 4.28. The minimum absolute atomic E-state index is 0.870. The van der Waals surface area contributed by atoms with E-state index in [1.54, 1.807) is 0 Å². The van der Waals surface area contributed by atoms with Gasteiger partial charge < -0.3 is 8.83 Å². The zero-order valence-electron chi connectivity index (χ0n) is 32.2. The van der Waals surface area contributed by atoms with E-state index in [1.165, 1.54) is 10.4 Å². The highest BCUT2D eigenvalue weighted by molar-refractivity contribution is 6.84. The van der Waals surface area contributed by atoms with Gasteiger partial charge in [-0.15, -0.1) is 0 Å². The van der Waals surface area contributed by atoms with Gasteiger partial charge in [0.2, 0.25) is 11.6 Å². The maximum atomic E-state index is 6.46. The van der Waals surface area contributed by atoms with E-state index < -0.39 is 8.80 Å². The molecule has 0 atom stereocenters. The van der Waals surface area contributed by atoms with Gasteiger partial charge in [-0.1, -0.05) is 89.7 Å². The number of fused-ring (bicyclic) bond motifs is 16. The Balaban J connectivity index is 0.889. The summed E-state index contributed by atoms with van der Waals surface area (Å²) in [5.41, 5.74) is 14.2. The molecule has 281 valence electrons. The lowest BCUT2D eigenvalue weighted by Gasteiger charge is -2.11. The van der Waals surface area contributed by atoms with E-state index in [0.29, 0.717) is 0 Å². The predicted molar refractivity (Wildman–Crippen MR) is 245 cm³/mol. The highest BCUT2D eigenvalue weighted by Crippen LogP contribution is 2.36. The Bertz CT molecular complexity index is 3850.